The number of pyridine rings is 2. The van der Waals surface area contributed by atoms with Crippen molar-refractivity contribution in [1.82, 2.24) is 24.2 Å². The monoisotopic (exact) mass is 650 g/mol. The zero-order valence-electron chi connectivity index (χ0n) is 25.9. The molecule has 12 nitrogen and oxygen atoms in total. The molecule has 3 aromatic heterocycles. The van der Waals surface area contributed by atoms with Gasteiger partial charge >= 0.3 is 0 Å². The van der Waals surface area contributed by atoms with Crippen molar-refractivity contribution < 1.29 is 13.2 Å². The number of aromatic nitrogens is 4. The summed E-state index contributed by atoms with van der Waals surface area (Å²) in [5.74, 6) is 2.06. The van der Waals surface area contributed by atoms with E-state index in [0.29, 0.717) is 34.6 Å². The van der Waals surface area contributed by atoms with E-state index in [9.17, 15) is 18.0 Å². The van der Waals surface area contributed by atoms with Crippen LogP contribution in [0.1, 0.15) is 46.1 Å². The third kappa shape index (κ3) is 5.94. The summed E-state index contributed by atoms with van der Waals surface area (Å²) in [5, 5.41) is 3.79. The van der Waals surface area contributed by atoms with Gasteiger partial charge in [0.15, 0.2) is 5.69 Å². The highest BCUT2D eigenvalue weighted by atomic mass is 35.5. The quantitative estimate of drug-likeness (QED) is 0.272. The maximum atomic E-state index is 13.7. The summed E-state index contributed by atoms with van der Waals surface area (Å²) in [6.07, 6.45) is 2.75. The van der Waals surface area contributed by atoms with Crippen LogP contribution in [0, 0.1) is 18.8 Å². The molecule has 14 heteroatoms. The van der Waals surface area contributed by atoms with Crippen molar-refractivity contribution >= 4 is 55.9 Å². The SMILES string of the molecule is Cc1cc([C@@H](C)Nc2ccc(Cl)nc2C(=O)NS(C)(=O)=O)c2nc(N3C[C@@H]4C(c5ccnc(N(C)C)c5)[C@@H]4C3)n(C)c(=O)c2c1. The first-order valence-electron chi connectivity index (χ1n) is 14.6. The molecule has 236 valence electrons. The van der Waals surface area contributed by atoms with E-state index in [2.05, 4.69) is 32.3 Å². The summed E-state index contributed by atoms with van der Waals surface area (Å²) < 4.78 is 27.0. The molecule has 1 aromatic carbocycles. The van der Waals surface area contributed by atoms with Crippen molar-refractivity contribution in [3.05, 3.63) is 80.5 Å². The highest BCUT2D eigenvalue weighted by Crippen LogP contribution is 2.58. The molecule has 1 amide bonds. The number of nitrogens with one attached hydrogen (secondary N) is 2. The van der Waals surface area contributed by atoms with Crippen LogP contribution in [-0.4, -0.2) is 67.3 Å². The topological polar surface area (TPSA) is 142 Å². The number of aryl methyl sites for hydroxylation is 1. The second-order valence-corrected chi connectivity index (χ2v) is 14.4. The molecule has 1 unspecified atom stereocenters. The molecule has 6 rings (SSSR count). The number of hydrogen-bond donors (Lipinski definition) is 2. The van der Waals surface area contributed by atoms with Gasteiger partial charge in [-0.2, -0.15) is 0 Å². The van der Waals surface area contributed by atoms with E-state index in [-0.39, 0.29) is 22.1 Å². The normalized spacial score (nSPS) is 19.7. The highest BCUT2D eigenvalue weighted by Gasteiger charge is 2.56. The summed E-state index contributed by atoms with van der Waals surface area (Å²) in [6, 6.07) is 10.7. The minimum atomic E-state index is -3.83. The van der Waals surface area contributed by atoms with Crippen molar-refractivity contribution in [1.29, 1.82) is 0 Å². The van der Waals surface area contributed by atoms with Gasteiger partial charge in [0.1, 0.15) is 11.0 Å². The lowest BCUT2D eigenvalue weighted by molar-refractivity contribution is 0.0977. The Morgan fingerprint density at radius 2 is 1.82 bits per heavy atom. The Balaban J connectivity index is 1.31. The van der Waals surface area contributed by atoms with Crippen molar-refractivity contribution in [3.63, 3.8) is 0 Å². The van der Waals surface area contributed by atoms with E-state index < -0.39 is 22.0 Å². The molecule has 4 heterocycles. The fraction of sp³-hybridized carbons (Fsp3) is 0.387. The lowest BCUT2D eigenvalue weighted by Crippen LogP contribution is -2.32. The molecule has 0 bridgehead atoms. The number of carbonyl (C=O) groups is 1. The molecule has 1 saturated heterocycles. The third-order valence-electron chi connectivity index (χ3n) is 8.61. The highest BCUT2D eigenvalue weighted by molar-refractivity contribution is 7.89. The molecule has 2 aliphatic rings. The molecule has 0 spiro atoms. The van der Waals surface area contributed by atoms with Gasteiger partial charge in [-0.25, -0.2) is 28.1 Å². The molecule has 4 atom stereocenters. The van der Waals surface area contributed by atoms with E-state index in [1.165, 1.54) is 11.6 Å². The van der Waals surface area contributed by atoms with E-state index in [1.807, 2.05) is 55.9 Å². The minimum absolute atomic E-state index is 0.0376. The van der Waals surface area contributed by atoms with Crippen LogP contribution in [-0.2, 0) is 17.1 Å². The lowest BCUT2D eigenvalue weighted by atomic mass is 10.0. The second-order valence-electron chi connectivity index (χ2n) is 12.2. The maximum Gasteiger partial charge on any atom is 0.285 e. The van der Waals surface area contributed by atoms with Gasteiger partial charge in [-0.3, -0.25) is 14.2 Å². The first-order chi connectivity index (χ1) is 21.2. The van der Waals surface area contributed by atoms with Gasteiger partial charge in [-0.1, -0.05) is 17.7 Å². The van der Waals surface area contributed by atoms with Gasteiger partial charge in [0.2, 0.25) is 16.0 Å². The minimum Gasteiger partial charge on any atom is -0.377 e. The number of halogens is 1. The average molecular weight is 651 g/mol. The number of carbonyl (C=O) groups excluding carboxylic acids is 1. The first-order valence-corrected chi connectivity index (χ1v) is 16.8. The first kappa shape index (κ1) is 30.8. The fourth-order valence-electron chi connectivity index (χ4n) is 6.48. The van der Waals surface area contributed by atoms with Gasteiger partial charge in [0.05, 0.1) is 28.9 Å². The van der Waals surface area contributed by atoms with Crippen LogP contribution >= 0.6 is 11.6 Å². The predicted molar refractivity (Wildman–Crippen MR) is 176 cm³/mol. The Hall–Kier alpha value is -4.23. The van der Waals surface area contributed by atoms with Crippen LogP contribution in [0.25, 0.3) is 10.9 Å². The summed E-state index contributed by atoms with van der Waals surface area (Å²) in [4.78, 5) is 44.3. The van der Waals surface area contributed by atoms with Crippen LogP contribution < -0.4 is 25.4 Å². The molecule has 2 N–H and O–H groups in total. The zero-order chi connectivity index (χ0) is 32.4. The van der Waals surface area contributed by atoms with Crippen LogP contribution in [0.3, 0.4) is 0 Å². The van der Waals surface area contributed by atoms with Gasteiger partial charge in [0.25, 0.3) is 11.5 Å². The Morgan fingerprint density at radius 3 is 2.49 bits per heavy atom. The number of piperidine rings is 1. The molecule has 1 aliphatic carbocycles. The molecular formula is C31H35ClN8O4S. The number of sulfonamides is 1. The standard InChI is InChI=1S/C31H35ClN8O4S/c1-16-11-19(17(2)34-23-7-8-24(32)35-28(23)29(41)37-45(6,43)44)27-20(12-16)30(42)39(5)31(36-27)40-14-21-22(15-40)26(21)18-9-10-33-25(13-18)38(3)4/h7-13,17,21-22,26,34H,14-15H2,1-6H3,(H,37,41)/t17-,21-,22+,26?/m1/s1. The second kappa shape index (κ2) is 11.3. The van der Waals surface area contributed by atoms with E-state index in [4.69, 9.17) is 16.6 Å². The van der Waals surface area contributed by atoms with Crippen LogP contribution in [0.5, 0.6) is 0 Å². The molecule has 1 saturated carbocycles. The Bertz CT molecular complexity index is 2000. The van der Waals surface area contributed by atoms with E-state index >= 15 is 0 Å². The largest absolute Gasteiger partial charge is 0.377 e. The summed E-state index contributed by atoms with van der Waals surface area (Å²) in [7, 11) is 1.90. The van der Waals surface area contributed by atoms with Gasteiger partial charge in [0, 0.05) is 46.0 Å². The average Bonchev–Trinajstić information content (AvgIpc) is 3.47. The predicted octanol–water partition coefficient (Wildman–Crippen LogP) is 3.46. The molecule has 45 heavy (non-hydrogen) atoms. The van der Waals surface area contributed by atoms with Crippen LogP contribution in [0.4, 0.5) is 17.5 Å². The number of hydrogen-bond acceptors (Lipinski definition) is 10. The molecule has 1 aliphatic heterocycles. The lowest BCUT2D eigenvalue weighted by Gasteiger charge is -2.25. The number of fused-ring (bicyclic) bond motifs is 2. The number of amides is 1. The van der Waals surface area contributed by atoms with Crippen molar-refractivity contribution in [2.24, 2.45) is 18.9 Å². The van der Waals surface area contributed by atoms with Crippen molar-refractivity contribution in [3.8, 4) is 0 Å². The molecule has 0 radical (unpaired) electrons. The molecule has 4 aromatic rings. The van der Waals surface area contributed by atoms with Gasteiger partial charge in [-0.15, -0.1) is 0 Å². The number of anilines is 3. The van der Waals surface area contributed by atoms with Crippen molar-refractivity contribution in [2.45, 2.75) is 25.8 Å². The zero-order valence-corrected chi connectivity index (χ0v) is 27.4. The Morgan fingerprint density at radius 1 is 1.11 bits per heavy atom. The van der Waals surface area contributed by atoms with Gasteiger partial charge < -0.3 is 15.1 Å². The Labute approximate surface area is 266 Å². The molecular weight excluding hydrogens is 616 g/mol. The van der Waals surface area contributed by atoms with Crippen molar-refractivity contribution in [2.75, 3.05) is 48.6 Å². The fourth-order valence-corrected chi connectivity index (χ4v) is 7.06. The number of nitrogens with zero attached hydrogens (tertiary/aromatic N) is 6. The van der Waals surface area contributed by atoms with Gasteiger partial charge in [-0.05, 0) is 73.1 Å². The summed E-state index contributed by atoms with van der Waals surface area (Å²) in [5.41, 5.74) is 3.46. The van der Waals surface area contributed by atoms with E-state index in [0.717, 1.165) is 36.3 Å². The number of rotatable bonds is 8. The Kier molecular flexibility index (Phi) is 7.72. The summed E-state index contributed by atoms with van der Waals surface area (Å²) >= 11 is 6.05. The third-order valence-corrected chi connectivity index (χ3v) is 9.38. The van der Waals surface area contributed by atoms with E-state index in [1.54, 1.807) is 17.7 Å². The smallest absolute Gasteiger partial charge is 0.285 e. The van der Waals surface area contributed by atoms with Crippen LogP contribution in [0.15, 0.2) is 47.4 Å². The maximum absolute atomic E-state index is 13.7. The summed E-state index contributed by atoms with van der Waals surface area (Å²) in [6.45, 7) is 5.38. The van der Waals surface area contributed by atoms with Crippen LogP contribution in [0.2, 0.25) is 5.15 Å². The molecule has 2 fully saturated rings. The number of benzene rings is 1.